The van der Waals surface area contributed by atoms with Gasteiger partial charge in [-0.15, -0.1) is 0 Å². The van der Waals surface area contributed by atoms with E-state index in [-0.39, 0.29) is 0 Å². The number of hydrogen-bond acceptors (Lipinski definition) is 7. The number of piperazine rings is 1. The van der Waals surface area contributed by atoms with Crippen LogP contribution in [-0.2, 0) is 4.74 Å². The van der Waals surface area contributed by atoms with E-state index in [2.05, 4.69) is 62.3 Å². The quantitative estimate of drug-likeness (QED) is 0.703. The maximum absolute atomic E-state index is 5.18. The van der Waals surface area contributed by atoms with Crippen LogP contribution in [0.3, 0.4) is 0 Å². The minimum absolute atomic E-state index is 0.797. The van der Waals surface area contributed by atoms with Gasteiger partial charge >= 0.3 is 0 Å². The smallest absolute Gasteiger partial charge is 0.189 e. The van der Waals surface area contributed by atoms with Gasteiger partial charge in [0.1, 0.15) is 5.82 Å². The van der Waals surface area contributed by atoms with E-state index < -0.39 is 0 Å². The van der Waals surface area contributed by atoms with Crippen LogP contribution in [0.5, 0.6) is 0 Å². The van der Waals surface area contributed by atoms with Crippen LogP contribution in [-0.4, -0.2) is 61.3 Å². The third-order valence-electron chi connectivity index (χ3n) is 4.87. The Kier molecular flexibility index (Phi) is 5.52. The molecule has 1 fully saturated rings. The van der Waals surface area contributed by atoms with Crippen LogP contribution < -0.4 is 10.2 Å². The van der Waals surface area contributed by atoms with Crippen molar-refractivity contribution in [1.29, 1.82) is 0 Å². The second kappa shape index (κ2) is 8.21. The summed E-state index contributed by atoms with van der Waals surface area (Å²) in [6.45, 7) is 8.07. The molecule has 1 aromatic carbocycles. The average Bonchev–Trinajstić information content (AvgIpc) is 3.08. The van der Waals surface area contributed by atoms with Gasteiger partial charge in [-0.05, 0) is 30.7 Å². The van der Waals surface area contributed by atoms with E-state index in [0.29, 0.717) is 0 Å². The van der Waals surface area contributed by atoms with Crippen LogP contribution in [0.25, 0.3) is 10.2 Å². The summed E-state index contributed by atoms with van der Waals surface area (Å²) in [7, 11) is 1.76. The van der Waals surface area contributed by atoms with Crippen molar-refractivity contribution < 1.29 is 4.74 Å². The van der Waals surface area contributed by atoms with Crippen molar-refractivity contribution >= 4 is 38.2 Å². The highest BCUT2D eigenvalue weighted by atomic mass is 32.1. The first-order valence-electron chi connectivity index (χ1n) is 9.28. The predicted molar refractivity (Wildman–Crippen MR) is 112 cm³/mol. The number of pyridine rings is 1. The number of nitrogens with zero attached hydrogens (tertiary/aromatic N) is 4. The first-order chi connectivity index (χ1) is 13.2. The molecule has 1 saturated heterocycles. The van der Waals surface area contributed by atoms with Gasteiger partial charge in [0.15, 0.2) is 5.13 Å². The first kappa shape index (κ1) is 18.2. The Balaban J connectivity index is 1.43. The molecule has 1 N–H and O–H groups in total. The molecule has 0 aliphatic carbocycles. The second-order valence-corrected chi connectivity index (χ2v) is 7.87. The van der Waals surface area contributed by atoms with Crippen LogP contribution in [0.4, 0.5) is 16.6 Å². The second-order valence-electron chi connectivity index (χ2n) is 6.84. The number of aromatic nitrogens is 2. The van der Waals surface area contributed by atoms with Gasteiger partial charge in [0, 0.05) is 57.8 Å². The summed E-state index contributed by atoms with van der Waals surface area (Å²) in [4.78, 5) is 14.0. The fourth-order valence-corrected chi connectivity index (χ4v) is 4.30. The Morgan fingerprint density at radius 3 is 2.81 bits per heavy atom. The predicted octanol–water partition coefficient (Wildman–Crippen LogP) is 3.51. The van der Waals surface area contributed by atoms with Crippen molar-refractivity contribution in [1.82, 2.24) is 14.9 Å². The zero-order chi connectivity index (χ0) is 18.6. The highest BCUT2D eigenvalue weighted by Gasteiger charge is 2.17. The number of aryl methyl sites for hydroxylation is 1. The van der Waals surface area contributed by atoms with Crippen molar-refractivity contribution in [2.24, 2.45) is 0 Å². The van der Waals surface area contributed by atoms with Crippen LogP contribution in [0.1, 0.15) is 5.56 Å². The molecule has 0 amide bonds. The molecular formula is C20H25N5OS. The normalized spacial score (nSPS) is 15.4. The fraction of sp³-hybridized carbons (Fsp3) is 0.400. The van der Waals surface area contributed by atoms with Gasteiger partial charge in [-0.2, -0.15) is 0 Å². The summed E-state index contributed by atoms with van der Waals surface area (Å²) >= 11 is 1.66. The van der Waals surface area contributed by atoms with Gasteiger partial charge < -0.3 is 15.0 Å². The highest BCUT2D eigenvalue weighted by molar-refractivity contribution is 7.22. The zero-order valence-electron chi connectivity index (χ0n) is 15.8. The molecule has 6 nitrogen and oxygen atoms in total. The largest absolute Gasteiger partial charge is 0.383 e. The molecule has 0 atom stereocenters. The lowest BCUT2D eigenvalue weighted by molar-refractivity contribution is 0.144. The van der Waals surface area contributed by atoms with Crippen LogP contribution in [0.15, 0.2) is 36.5 Å². The number of hydrogen-bond donors (Lipinski definition) is 1. The number of methoxy groups -OCH3 is 1. The van der Waals surface area contributed by atoms with Crippen molar-refractivity contribution in [2.75, 3.05) is 56.7 Å². The van der Waals surface area contributed by atoms with E-state index in [9.17, 15) is 0 Å². The number of nitrogens with one attached hydrogen (secondary N) is 1. The minimum Gasteiger partial charge on any atom is -0.383 e. The third-order valence-corrected chi connectivity index (χ3v) is 5.81. The Bertz CT molecular complexity index is 904. The van der Waals surface area contributed by atoms with Gasteiger partial charge in [0.25, 0.3) is 0 Å². The third kappa shape index (κ3) is 4.37. The molecule has 27 heavy (non-hydrogen) atoms. The van der Waals surface area contributed by atoms with E-state index in [1.807, 2.05) is 6.20 Å². The molecular weight excluding hydrogens is 358 g/mol. The molecule has 2 aromatic heterocycles. The molecule has 1 aliphatic rings. The standard InChI is InChI=1S/C20H25N5OS/c1-15-3-4-17-18(13-15)27-20(22-17)23-19-14-16(5-6-21-19)25-9-7-24(8-10-25)11-12-26-2/h3-6,13-14H,7-12H2,1-2H3,(H,21,22,23). The summed E-state index contributed by atoms with van der Waals surface area (Å²) < 4.78 is 6.38. The number of rotatable bonds is 6. The number of fused-ring (bicyclic) bond motifs is 1. The molecule has 142 valence electrons. The lowest BCUT2D eigenvalue weighted by Gasteiger charge is -2.36. The maximum atomic E-state index is 5.18. The number of anilines is 3. The Morgan fingerprint density at radius 2 is 2.00 bits per heavy atom. The van der Waals surface area contributed by atoms with Crippen LogP contribution >= 0.6 is 11.3 Å². The average molecular weight is 384 g/mol. The maximum Gasteiger partial charge on any atom is 0.189 e. The van der Waals surface area contributed by atoms with Crippen LogP contribution in [0.2, 0.25) is 0 Å². The summed E-state index contributed by atoms with van der Waals surface area (Å²) in [5, 5.41) is 4.25. The van der Waals surface area contributed by atoms with Crippen molar-refractivity contribution in [2.45, 2.75) is 6.92 Å². The molecule has 0 radical (unpaired) electrons. The van der Waals surface area contributed by atoms with E-state index in [0.717, 1.165) is 55.8 Å². The molecule has 1 aliphatic heterocycles. The molecule has 0 saturated carbocycles. The molecule has 7 heteroatoms. The van der Waals surface area contributed by atoms with E-state index in [4.69, 9.17) is 4.74 Å². The van der Waals surface area contributed by atoms with Crippen molar-refractivity contribution in [3.63, 3.8) is 0 Å². The molecule has 3 heterocycles. The summed E-state index contributed by atoms with van der Waals surface area (Å²) in [5.74, 6) is 0.838. The van der Waals surface area contributed by atoms with Crippen molar-refractivity contribution in [3.8, 4) is 0 Å². The molecule has 0 unspecified atom stereocenters. The van der Waals surface area contributed by atoms with E-state index in [1.165, 1.54) is 16.0 Å². The first-order valence-corrected chi connectivity index (χ1v) is 10.1. The summed E-state index contributed by atoms with van der Waals surface area (Å²) in [6.07, 6.45) is 1.87. The van der Waals surface area contributed by atoms with Gasteiger partial charge in [-0.3, -0.25) is 4.90 Å². The topological polar surface area (TPSA) is 53.5 Å². The van der Waals surface area contributed by atoms with Crippen molar-refractivity contribution in [3.05, 3.63) is 42.1 Å². The number of benzene rings is 1. The van der Waals surface area contributed by atoms with Gasteiger partial charge in [-0.1, -0.05) is 17.4 Å². The molecule has 0 spiro atoms. The Morgan fingerprint density at radius 1 is 1.15 bits per heavy atom. The van der Waals surface area contributed by atoms with Gasteiger partial charge in [-0.25, -0.2) is 9.97 Å². The minimum atomic E-state index is 0.797. The fourth-order valence-electron chi connectivity index (χ4n) is 3.33. The van der Waals surface area contributed by atoms with E-state index in [1.54, 1.807) is 18.4 Å². The molecule has 0 bridgehead atoms. The monoisotopic (exact) mass is 383 g/mol. The highest BCUT2D eigenvalue weighted by Crippen LogP contribution is 2.29. The number of thiazole rings is 1. The Hall–Kier alpha value is -2.22. The van der Waals surface area contributed by atoms with Gasteiger partial charge in [0.05, 0.1) is 16.8 Å². The summed E-state index contributed by atoms with van der Waals surface area (Å²) in [6, 6.07) is 10.5. The Labute approximate surface area is 163 Å². The lowest BCUT2D eigenvalue weighted by atomic mass is 10.2. The van der Waals surface area contributed by atoms with Crippen LogP contribution in [0, 0.1) is 6.92 Å². The SMILES string of the molecule is COCCN1CCN(c2ccnc(Nc3nc4ccc(C)cc4s3)c2)CC1. The lowest BCUT2D eigenvalue weighted by Crippen LogP contribution is -2.47. The zero-order valence-corrected chi connectivity index (χ0v) is 16.6. The van der Waals surface area contributed by atoms with E-state index >= 15 is 0 Å². The molecule has 3 aromatic rings. The van der Waals surface area contributed by atoms with Gasteiger partial charge in [0.2, 0.25) is 0 Å². The summed E-state index contributed by atoms with van der Waals surface area (Å²) in [5.41, 5.74) is 3.48. The number of ether oxygens (including phenoxy) is 1. The molecule has 4 rings (SSSR count).